The van der Waals surface area contributed by atoms with Gasteiger partial charge in [0.25, 0.3) is 0 Å². The molecule has 0 aliphatic carbocycles. The van der Waals surface area contributed by atoms with Gasteiger partial charge in [0.1, 0.15) is 0 Å². The van der Waals surface area contributed by atoms with E-state index in [1.54, 1.807) is 0 Å². The highest BCUT2D eigenvalue weighted by molar-refractivity contribution is 5.25. The maximum atomic E-state index is 5.55. The van der Waals surface area contributed by atoms with Crippen molar-refractivity contribution < 1.29 is 9.47 Å². The summed E-state index contributed by atoms with van der Waals surface area (Å²) in [5, 5.41) is 0. The van der Waals surface area contributed by atoms with Crippen LogP contribution in [0.4, 0.5) is 5.95 Å². The molecule has 1 rings (SSSR count). The molecule has 1 aromatic rings. The van der Waals surface area contributed by atoms with Gasteiger partial charge in [0.15, 0.2) is 0 Å². The minimum Gasteiger partial charge on any atom is -0.464 e. The van der Waals surface area contributed by atoms with Gasteiger partial charge in [-0.15, -0.1) is 4.98 Å². The molecule has 3 N–H and O–H groups in total. The van der Waals surface area contributed by atoms with Crippen LogP contribution in [0.1, 0.15) is 33.6 Å². The maximum absolute atomic E-state index is 5.55. The normalized spacial score (nSPS) is 12.0. The Morgan fingerprint density at radius 3 is 2.53 bits per heavy atom. The third kappa shape index (κ3) is 4.39. The van der Waals surface area contributed by atoms with E-state index in [0.29, 0.717) is 6.61 Å². The fraction of sp³-hybridized carbons (Fsp3) is 0.700. The Labute approximate surface area is 101 Å². The second-order valence-corrected chi connectivity index (χ2v) is 3.52. The molecule has 0 saturated carbocycles. The average molecular weight is 241 g/mol. The molecular formula is C10H19N5O2. The Morgan fingerprint density at radius 2 is 1.94 bits per heavy atom. The summed E-state index contributed by atoms with van der Waals surface area (Å²) in [7, 11) is 0. The fourth-order valence-corrected chi connectivity index (χ4v) is 1.29. The molecule has 0 bridgehead atoms. The monoisotopic (exact) mass is 241 g/mol. The Hall–Kier alpha value is -1.63. The zero-order valence-corrected chi connectivity index (χ0v) is 10.4. The van der Waals surface area contributed by atoms with E-state index in [1.165, 1.54) is 0 Å². The SMILES string of the molecule is CCCC(C)Oc1nc(NN)nc(OCC)n1. The number of nitrogens with two attached hydrogens (primary N) is 1. The van der Waals surface area contributed by atoms with Gasteiger partial charge in [-0.05, 0) is 20.3 Å². The highest BCUT2D eigenvalue weighted by atomic mass is 16.5. The van der Waals surface area contributed by atoms with Crippen LogP contribution in [0.2, 0.25) is 0 Å². The highest BCUT2D eigenvalue weighted by Gasteiger charge is 2.10. The first-order chi connectivity index (χ1) is 8.19. The molecule has 0 spiro atoms. The largest absolute Gasteiger partial charge is 0.464 e. The van der Waals surface area contributed by atoms with Crippen molar-refractivity contribution in [2.45, 2.75) is 39.7 Å². The summed E-state index contributed by atoms with van der Waals surface area (Å²) >= 11 is 0. The van der Waals surface area contributed by atoms with Crippen molar-refractivity contribution in [3.05, 3.63) is 0 Å². The Bertz CT molecular complexity index is 347. The Kier molecular flexibility index (Phi) is 5.41. The van der Waals surface area contributed by atoms with E-state index < -0.39 is 0 Å². The van der Waals surface area contributed by atoms with Gasteiger partial charge in [0.05, 0.1) is 12.7 Å². The van der Waals surface area contributed by atoms with Crippen molar-refractivity contribution in [3.8, 4) is 12.0 Å². The molecule has 0 fully saturated rings. The minimum atomic E-state index is 0.0440. The predicted octanol–water partition coefficient (Wildman–Crippen LogP) is 1.12. The van der Waals surface area contributed by atoms with Gasteiger partial charge in [-0.2, -0.15) is 9.97 Å². The van der Waals surface area contributed by atoms with Crippen LogP contribution in [-0.4, -0.2) is 27.7 Å². The molecule has 0 amide bonds. The van der Waals surface area contributed by atoms with Crippen LogP contribution < -0.4 is 20.7 Å². The van der Waals surface area contributed by atoms with Gasteiger partial charge >= 0.3 is 12.0 Å². The van der Waals surface area contributed by atoms with Crippen molar-refractivity contribution in [1.29, 1.82) is 0 Å². The molecule has 1 unspecified atom stereocenters. The summed E-state index contributed by atoms with van der Waals surface area (Å²) in [5.41, 5.74) is 2.35. The van der Waals surface area contributed by atoms with Crippen molar-refractivity contribution in [2.75, 3.05) is 12.0 Å². The van der Waals surface area contributed by atoms with Gasteiger partial charge < -0.3 is 9.47 Å². The molecule has 7 heteroatoms. The Morgan fingerprint density at radius 1 is 1.24 bits per heavy atom. The molecule has 7 nitrogen and oxygen atoms in total. The lowest BCUT2D eigenvalue weighted by atomic mass is 10.2. The molecule has 17 heavy (non-hydrogen) atoms. The number of anilines is 1. The number of aromatic nitrogens is 3. The lowest BCUT2D eigenvalue weighted by molar-refractivity contribution is 0.187. The van der Waals surface area contributed by atoms with E-state index in [4.69, 9.17) is 15.3 Å². The molecule has 0 aromatic carbocycles. The highest BCUT2D eigenvalue weighted by Crippen LogP contribution is 2.14. The first-order valence-corrected chi connectivity index (χ1v) is 5.71. The van der Waals surface area contributed by atoms with Gasteiger partial charge in [0.2, 0.25) is 5.95 Å². The van der Waals surface area contributed by atoms with Crippen molar-refractivity contribution in [1.82, 2.24) is 15.0 Å². The van der Waals surface area contributed by atoms with Crippen LogP contribution in [0, 0.1) is 0 Å². The smallest absolute Gasteiger partial charge is 0.324 e. The average Bonchev–Trinajstić information content (AvgIpc) is 2.29. The number of nitrogens with one attached hydrogen (secondary N) is 1. The predicted molar refractivity (Wildman–Crippen MR) is 63.8 cm³/mol. The first kappa shape index (κ1) is 13.4. The molecule has 96 valence electrons. The lowest BCUT2D eigenvalue weighted by Gasteiger charge is -2.12. The second-order valence-electron chi connectivity index (χ2n) is 3.52. The van der Waals surface area contributed by atoms with Gasteiger partial charge in [-0.1, -0.05) is 13.3 Å². The van der Waals surface area contributed by atoms with E-state index in [9.17, 15) is 0 Å². The van der Waals surface area contributed by atoms with Crippen molar-refractivity contribution in [2.24, 2.45) is 5.84 Å². The van der Waals surface area contributed by atoms with Gasteiger partial charge in [-0.3, -0.25) is 5.43 Å². The summed E-state index contributed by atoms with van der Waals surface area (Å²) < 4.78 is 10.7. The van der Waals surface area contributed by atoms with E-state index in [-0.39, 0.29) is 24.1 Å². The third-order valence-corrected chi connectivity index (χ3v) is 2.00. The number of nitrogen functional groups attached to an aromatic ring is 1. The number of hydrogen-bond donors (Lipinski definition) is 2. The zero-order valence-electron chi connectivity index (χ0n) is 10.4. The van der Waals surface area contributed by atoms with E-state index >= 15 is 0 Å². The summed E-state index contributed by atoms with van der Waals surface area (Å²) in [6.07, 6.45) is 2.01. The van der Waals surface area contributed by atoms with Crippen LogP contribution in [0.3, 0.4) is 0 Å². The van der Waals surface area contributed by atoms with Crippen LogP contribution >= 0.6 is 0 Å². The second kappa shape index (κ2) is 6.85. The fourth-order valence-electron chi connectivity index (χ4n) is 1.29. The van der Waals surface area contributed by atoms with E-state index in [0.717, 1.165) is 12.8 Å². The molecule has 0 saturated heterocycles. The van der Waals surface area contributed by atoms with Crippen LogP contribution in [-0.2, 0) is 0 Å². The number of rotatable bonds is 7. The minimum absolute atomic E-state index is 0.0440. The van der Waals surface area contributed by atoms with Crippen molar-refractivity contribution in [3.63, 3.8) is 0 Å². The lowest BCUT2D eigenvalue weighted by Crippen LogP contribution is -2.17. The standard InChI is InChI=1S/C10H19N5O2/c1-4-6-7(3)17-10-13-8(15-11)12-9(14-10)16-5-2/h7H,4-6,11H2,1-3H3,(H,12,13,14,15). The molecular weight excluding hydrogens is 222 g/mol. The molecule has 0 aliphatic heterocycles. The number of hydrazine groups is 1. The number of hydrogen-bond acceptors (Lipinski definition) is 7. The zero-order chi connectivity index (χ0) is 12.7. The van der Waals surface area contributed by atoms with Crippen LogP contribution in [0.25, 0.3) is 0 Å². The molecule has 1 heterocycles. The molecule has 0 aliphatic rings. The summed E-state index contributed by atoms with van der Waals surface area (Å²) in [5.74, 6) is 5.48. The topological polar surface area (TPSA) is 95.2 Å². The van der Waals surface area contributed by atoms with Gasteiger partial charge in [0, 0.05) is 0 Å². The van der Waals surface area contributed by atoms with E-state index in [1.807, 2.05) is 13.8 Å². The molecule has 1 atom stereocenters. The maximum Gasteiger partial charge on any atom is 0.324 e. The van der Waals surface area contributed by atoms with Crippen molar-refractivity contribution >= 4 is 5.95 Å². The molecule has 1 aromatic heterocycles. The first-order valence-electron chi connectivity index (χ1n) is 5.71. The van der Waals surface area contributed by atoms with Crippen LogP contribution in [0.5, 0.6) is 12.0 Å². The third-order valence-electron chi connectivity index (χ3n) is 2.00. The molecule has 0 radical (unpaired) electrons. The summed E-state index contributed by atoms with van der Waals surface area (Å²) in [6, 6.07) is 0.423. The Balaban J connectivity index is 2.79. The summed E-state index contributed by atoms with van der Waals surface area (Å²) in [4.78, 5) is 12.0. The number of ether oxygens (including phenoxy) is 2. The van der Waals surface area contributed by atoms with E-state index in [2.05, 4.69) is 27.3 Å². The number of nitrogens with zero attached hydrogens (tertiary/aromatic N) is 3. The van der Waals surface area contributed by atoms with Crippen LogP contribution in [0.15, 0.2) is 0 Å². The van der Waals surface area contributed by atoms with Gasteiger partial charge in [-0.25, -0.2) is 5.84 Å². The summed E-state index contributed by atoms with van der Waals surface area (Å²) in [6.45, 7) is 6.37. The quantitative estimate of drug-likeness (QED) is 0.545.